The highest BCUT2D eigenvalue weighted by Gasteiger charge is 2.09. The molecule has 2 rings (SSSR count). The van der Waals surface area contributed by atoms with Crippen LogP contribution < -0.4 is 14.8 Å². The Balaban J connectivity index is 2.06. The molecule has 0 amide bonds. The third-order valence-electron chi connectivity index (χ3n) is 2.35. The Hall–Kier alpha value is -2.01. The number of rotatable bonds is 6. The van der Waals surface area contributed by atoms with E-state index in [1.54, 1.807) is 19.4 Å². The van der Waals surface area contributed by atoms with Crippen LogP contribution in [0.1, 0.15) is 12.6 Å². The van der Waals surface area contributed by atoms with E-state index in [2.05, 4.69) is 10.3 Å². The molecule has 1 aromatic carbocycles. The predicted octanol–water partition coefficient (Wildman–Crippen LogP) is 2.59. The molecule has 0 spiro atoms. The number of hydrogen-bond acceptors (Lipinski definition) is 5. The Bertz CT molecular complexity index is 496. The van der Waals surface area contributed by atoms with Crippen LogP contribution in [-0.4, -0.2) is 18.6 Å². The number of benzene rings is 1. The van der Waals surface area contributed by atoms with Gasteiger partial charge in [-0.2, -0.15) is 4.98 Å². The topological polar surface area (TPSA) is 56.5 Å². The van der Waals surface area contributed by atoms with Crippen LogP contribution in [0.4, 0.5) is 0 Å². The summed E-state index contributed by atoms with van der Waals surface area (Å²) in [6, 6.07) is 7.35. The van der Waals surface area contributed by atoms with Crippen molar-refractivity contribution in [1.29, 1.82) is 0 Å². The zero-order valence-electron chi connectivity index (χ0n) is 10.5. The Morgan fingerprint density at radius 2 is 2.06 bits per heavy atom. The second-order valence-electron chi connectivity index (χ2n) is 3.64. The first-order valence-electron chi connectivity index (χ1n) is 5.79. The maximum absolute atomic E-state index is 5.53. The lowest BCUT2D eigenvalue weighted by Crippen LogP contribution is -2.11. The maximum Gasteiger partial charge on any atom is 0.399 e. The lowest BCUT2D eigenvalue weighted by Gasteiger charge is -2.05. The molecule has 1 heterocycles. The molecular weight excluding hydrogens is 232 g/mol. The van der Waals surface area contributed by atoms with Crippen molar-refractivity contribution in [1.82, 2.24) is 10.3 Å². The van der Waals surface area contributed by atoms with Crippen LogP contribution >= 0.6 is 0 Å². The third kappa shape index (κ3) is 3.01. The highest BCUT2D eigenvalue weighted by atomic mass is 16.6. The van der Waals surface area contributed by atoms with Gasteiger partial charge in [-0.1, -0.05) is 19.1 Å². The van der Waals surface area contributed by atoms with Crippen LogP contribution in [0.2, 0.25) is 0 Å². The normalized spacial score (nSPS) is 10.3. The first-order valence-corrected chi connectivity index (χ1v) is 5.79. The van der Waals surface area contributed by atoms with E-state index in [1.807, 2.05) is 25.1 Å². The molecule has 0 fully saturated rings. The van der Waals surface area contributed by atoms with Gasteiger partial charge in [0.05, 0.1) is 12.8 Å². The largest absolute Gasteiger partial charge is 0.493 e. The highest BCUT2D eigenvalue weighted by Crippen LogP contribution is 2.30. The minimum atomic E-state index is 0.215. The fraction of sp³-hybridized carbons (Fsp3) is 0.308. The number of ether oxygens (including phenoxy) is 2. The number of hydrogen-bond donors (Lipinski definition) is 1. The molecule has 0 unspecified atom stereocenters. The number of nitrogens with one attached hydrogen (secondary N) is 1. The number of oxazole rings is 1. The molecule has 0 radical (unpaired) electrons. The van der Waals surface area contributed by atoms with Crippen molar-refractivity contribution in [2.75, 3.05) is 13.7 Å². The average Bonchev–Trinajstić information content (AvgIpc) is 2.84. The predicted molar refractivity (Wildman–Crippen MR) is 67.0 cm³/mol. The van der Waals surface area contributed by atoms with Crippen LogP contribution in [0.3, 0.4) is 0 Å². The summed E-state index contributed by atoms with van der Waals surface area (Å²) in [6.07, 6.45) is 1.79. The molecule has 0 aliphatic carbocycles. The summed E-state index contributed by atoms with van der Waals surface area (Å²) in [5.74, 6) is 1.22. The van der Waals surface area contributed by atoms with Crippen molar-refractivity contribution in [3.63, 3.8) is 0 Å². The maximum atomic E-state index is 5.53. The molecule has 5 heteroatoms. The van der Waals surface area contributed by atoms with Crippen LogP contribution in [0.5, 0.6) is 17.6 Å². The molecule has 1 N–H and O–H groups in total. The first-order chi connectivity index (χ1) is 8.83. The van der Waals surface area contributed by atoms with E-state index < -0.39 is 0 Å². The van der Waals surface area contributed by atoms with Crippen molar-refractivity contribution in [2.45, 2.75) is 13.5 Å². The summed E-state index contributed by atoms with van der Waals surface area (Å²) in [7, 11) is 1.59. The van der Waals surface area contributed by atoms with E-state index in [0.717, 1.165) is 12.2 Å². The van der Waals surface area contributed by atoms with Gasteiger partial charge in [0.25, 0.3) is 0 Å². The van der Waals surface area contributed by atoms with E-state index >= 15 is 0 Å². The summed E-state index contributed by atoms with van der Waals surface area (Å²) >= 11 is 0. The minimum Gasteiger partial charge on any atom is -0.493 e. The van der Waals surface area contributed by atoms with E-state index in [1.165, 1.54) is 0 Å². The molecular formula is C13H16N2O3. The Kier molecular flexibility index (Phi) is 4.20. The number of para-hydroxylation sites is 2. The van der Waals surface area contributed by atoms with Gasteiger partial charge in [0.15, 0.2) is 11.5 Å². The molecule has 0 bridgehead atoms. The quantitative estimate of drug-likeness (QED) is 0.851. The number of nitrogens with zero attached hydrogens (tertiary/aromatic N) is 1. The van der Waals surface area contributed by atoms with Crippen LogP contribution in [0.15, 0.2) is 34.9 Å². The van der Waals surface area contributed by atoms with Crippen molar-refractivity contribution in [3.05, 3.63) is 36.2 Å². The lowest BCUT2D eigenvalue weighted by atomic mass is 10.3. The smallest absolute Gasteiger partial charge is 0.399 e. The molecule has 5 nitrogen and oxygen atoms in total. The SMILES string of the molecule is CCNCc1coc(Oc2ccccc2OC)n1. The van der Waals surface area contributed by atoms with Gasteiger partial charge in [-0.3, -0.25) is 0 Å². The second kappa shape index (κ2) is 6.07. The van der Waals surface area contributed by atoms with Crippen molar-refractivity contribution in [2.24, 2.45) is 0 Å². The molecule has 1 aromatic heterocycles. The van der Waals surface area contributed by atoms with E-state index in [0.29, 0.717) is 18.0 Å². The number of methoxy groups -OCH3 is 1. The van der Waals surface area contributed by atoms with Crippen molar-refractivity contribution in [3.8, 4) is 17.6 Å². The van der Waals surface area contributed by atoms with Gasteiger partial charge in [0, 0.05) is 6.54 Å². The second-order valence-corrected chi connectivity index (χ2v) is 3.64. The number of aromatic nitrogens is 1. The molecule has 0 saturated carbocycles. The van der Waals surface area contributed by atoms with E-state index in [-0.39, 0.29) is 6.08 Å². The van der Waals surface area contributed by atoms with Gasteiger partial charge in [0.1, 0.15) is 6.26 Å². The summed E-state index contributed by atoms with van der Waals surface area (Å²) < 4.78 is 15.9. The molecule has 0 aliphatic heterocycles. The Morgan fingerprint density at radius 1 is 1.28 bits per heavy atom. The van der Waals surface area contributed by atoms with Crippen LogP contribution in [-0.2, 0) is 6.54 Å². The van der Waals surface area contributed by atoms with Crippen molar-refractivity contribution >= 4 is 0 Å². The van der Waals surface area contributed by atoms with Gasteiger partial charge in [0.2, 0.25) is 0 Å². The van der Waals surface area contributed by atoms with Gasteiger partial charge in [-0.25, -0.2) is 0 Å². The van der Waals surface area contributed by atoms with Crippen molar-refractivity contribution < 1.29 is 13.9 Å². The summed E-state index contributed by atoms with van der Waals surface area (Å²) in [5, 5.41) is 3.16. The zero-order valence-corrected chi connectivity index (χ0v) is 10.5. The Labute approximate surface area is 106 Å². The molecule has 96 valence electrons. The highest BCUT2D eigenvalue weighted by molar-refractivity contribution is 5.40. The molecule has 0 atom stereocenters. The molecule has 0 aliphatic rings. The van der Waals surface area contributed by atoms with Gasteiger partial charge in [-0.05, 0) is 18.7 Å². The fourth-order valence-corrected chi connectivity index (χ4v) is 1.47. The molecule has 0 saturated heterocycles. The summed E-state index contributed by atoms with van der Waals surface area (Å²) in [5.41, 5.74) is 0.807. The van der Waals surface area contributed by atoms with Gasteiger partial charge < -0.3 is 19.2 Å². The summed E-state index contributed by atoms with van der Waals surface area (Å²) in [4.78, 5) is 4.21. The van der Waals surface area contributed by atoms with E-state index in [9.17, 15) is 0 Å². The molecule has 18 heavy (non-hydrogen) atoms. The monoisotopic (exact) mass is 248 g/mol. The lowest BCUT2D eigenvalue weighted by molar-refractivity contribution is 0.310. The van der Waals surface area contributed by atoms with Gasteiger partial charge >= 0.3 is 6.08 Å². The van der Waals surface area contributed by atoms with Crippen LogP contribution in [0, 0.1) is 0 Å². The average molecular weight is 248 g/mol. The first kappa shape index (κ1) is 12.4. The molecule has 2 aromatic rings. The van der Waals surface area contributed by atoms with E-state index in [4.69, 9.17) is 13.9 Å². The van der Waals surface area contributed by atoms with Gasteiger partial charge in [-0.15, -0.1) is 0 Å². The zero-order chi connectivity index (χ0) is 12.8. The minimum absolute atomic E-state index is 0.215. The van der Waals surface area contributed by atoms with Crippen LogP contribution in [0.25, 0.3) is 0 Å². The fourth-order valence-electron chi connectivity index (χ4n) is 1.47. The standard InChI is InChI=1S/C13H16N2O3/c1-3-14-8-10-9-17-13(15-10)18-12-7-5-4-6-11(12)16-2/h4-7,9,14H,3,8H2,1-2H3. The third-order valence-corrected chi connectivity index (χ3v) is 2.35. The Morgan fingerprint density at radius 3 is 2.78 bits per heavy atom. The summed E-state index contributed by atoms with van der Waals surface area (Å²) in [6.45, 7) is 3.58.